The lowest BCUT2D eigenvalue weighted by molar-refractivity contribution is 0.0526. The number of hydrogen-bond acceptors (Lipinski definition) is 6. The molecular formula is C27H24N2O4S. The highest BCUT2D eigenvalue weighted by Gasteiger charge is 2.26. The van der Waals surface area contributed by atoms with Crippen LogP contribution < -0.4 is 5.56 Å². The van der Waals surface area contributed by atoms with Crippen LogP contribution >= 0.6 is 11.3 Å². The summed E-state index contributed by atoms with van der Waals surface area (Å²) in [4.78, 5) is 31.9. The summed E-state index contributed by atoms with van der Waals surface area (Å²) < 4.78 is 6.62. The average Bonchev–Trinajstić information content (AvgIpc) is 3.23. The van der Waals surface area contributed by atoms with Crippen molar-refractivity contribution in [2.24, 2.45) is 4.99 Å². The molecule has 0 fully saturated rings. The number of carbonyl (C=O) groups is 1. The number of nitrogens with zero attached hydrogens (tertiary/aromatic N) is 2. The standard InChI is InChI=1S/C27H24N2O4S/c1-2-33-27(32)23-20-14-8-9-15-22(20)34-24(23)28-16-21-18-12-6-7-13-19(18)25(30)29(26(21)31)17-10-4-3-5-11-17/h3-7,10-13,16,31H,2,8-9,14-15H2,1H3/b28-16+. The van der Waals surface area contributed by atoms with Gasteiger partial charge in [0.15, 0.2) is 0 Å². The Labute approximate surface area is 200 Å². The third-order valence-corrected chi connectivity index (χ3v) is 7.26. The van der Waals surface area contributed by atoms with Gasteiger partial charge in [0.1, 0.15) is 5.00 Å². The fourth-order valence-corrected chi connectivity index (χ4v) is 5.71. The molecule has 0 spiro atoms. The Hall–Kier alpha value is -3.71. The molecule has 0 atom stereocenters. The molecule has 5 rings (SSSR count). The van der Waals surface area contributed by atoms with E-state index in [1.54, 1.807) is 43.5 Å². The van der Waals surface area contributed by atoms with Gasteiger partial charge in [-0.25, -0.2) is 14.4 Å². The van der Waals surface area contributed by atoms with Gasteiger partial charge in [-0.2, -0.15) is 0 Å². The number of para-hydroxylation sites is 1. The fourth-order valence-electron chi connectivity index (χ4n) is 4.49. The molecule has 0 aliphatic heterocycles. The van der Waals surface area contributed by atoms with E-state index in [4.69, 9.17) is 4.74 Å². The molecule has 0 radical (unpaired) electrons. The molecule has 0 unspecified atom stereocenters. The average molecular weight is 473 g/mol. The molecule has 0 saturated heterocycles. The number of benzene rings is 2. The second kappa shape index (κ2) is 9.27. The number of aromatic nitrogens is 1. The molecule has 2 heterocycles. The molecular weight excluding hydrogens is 448 g/mol. The van der Waals surface area contributed by atoms with Crippen molar-refractivity contribution in [2.45, 2.75) is 32.6 Å². The first kappa shape index (κ1) is 22.1. The topological polar surface area (TPSA) is 80.9 Å². The van der Waals surface area contributed by atoms with E-state index in [9.17, 15) is 14.7 Å². The number of hydrogen-bond donors (Lipinski definition) is 1. The van der Waals surface area contributed by atoms with Crippen LogP contribution in [-0.2, 0) is 17.6 Å². The summed E-state index contributed by atoms with van der Waals surface area (Å²) >= 11 is 1.50. The van der Waals surface area contributed by atoms with Gasteiger partial charge in [0.2, 0.25) is 5.88 Å². The summed E-state index contributed by atoms with van der Waals surface area (Å²) in [5.74, 6) is -0.560. The second-order valence-electron chi connectivity index (χ2n) is 8.13. The highest BCUT2D eigenvalue weighted by atomic mass is 32.1. The highest BCUT2D eigenvalue weighted by Crippen LogP contribution is 2.40. The number of rotatable bonds is 5. The summed E-state index contributed by atoms with van der Waals surface area (Å²) in [6.07, 6.45) is 5.44. The maximum absolute atomic E-state index is 13.2. The van der Waals surface area contributed by atoms with E-state index < -0.39 is 0 Å². The maximum atomic E-state index is 13.2. The van der Waals surface area contributed by atoms with E-state index in [0.717, 1.165) is 31.2 Å². The molecule has 0 bridgehead atoms. The Kier molecular flexibility index (Phi) is 6.02. The summed E-state index contributed by atoms with van der Waals surface area (Å²) in [6, 6.07) is 16.2. The number of ether oxygens (including phenoxy) is 1. The van der Waals surface area contributed by atoms with E-state index in [0.29, 0.717) is 39.2 Å². The molecule has 2 aromatic heterocycles. The zero-order chi connectivity index (χ0) is 23.7. The SMILES string of the molecule is CCOC(=O)c1c(/N=C/c2c(O)n(-c3ccccc3)c(=O)c3ccccc23)sc2c1CCCC2. The van der Waals surface area contributed by atoms with Crippen molar-refractivity contribution in [3.8, 4) is 11.6 Å². The highest BCUT2D eigenvalue weighted by molar-refractivity contribution is 7.16. The Morgan fingerprint density at radius 2 is 1.79 bits per heavy atom. The van der Waals surface area contributed by atoms with Crippen molar-refractivity contribution in [1.82, 2.24) is 4.57 Å². The molecule has 34 heavy (non-hydrogen) atoms. The normalized spacial score (nSPS) is 13.3. The first-order valence-electron chi connectivity index (χ1n) is 11.4. The van der Waals surface area contributed by atoms with Gasteiger partial charge in [0.05, 0.1) is 23.4 Å². The number of aromatic hydroxyl groups is 1. The number of thiophene rings is 1. The Morgan fingerprint density at radius 1 is 1.09 bits per heavy atom. The van der Waals surface area contributed by atoms with E-state index in [-0.39, 0.29) is 17.4 Å². The van der Waals surface area contributed by atoms with Gasteiger partial charge >= 0.3 is 5.97 Å². The monoisotopic (exact) mass is 472 g/mol. The molecule has 6 nitrogen and oxygen atoms in total. The van der Waals surface area contributed by atoms with Crippen molar-refractivity contribution in [1.29, 1.82) is 0 Å². The van der Waals surface area contributed by atoms with Crippen LogP contribution in [-0.4, -0.2) is 28.5 Å². The summed E-state index contributed by atoms with van der Waals surface area (Å²) in [6.45, 7) is 2.08. The minimum absolute atomic E-state index is 0.197. The maximum Gasteiger partial charge on any atom is 0.341 e. The zero-order valence-electron chi connectivity index (χ0n) is 18.8. The van der Waals surface area contributed by atoms with Crippen LogP contribution in [0.15, 0.2) is 64.4 Å². The predicted octanol–water partition coefficient (Wildman–Crippen LogP) is 5.56. The number of pyridine rings is 1. The van der Waals surface area contributed by atoms with E-state index in [2.05, 4.69) is 4.99 Å². The largest absolute Gasteiger partial charge is 0.494 e. The Morgan fingerprint density at radius 3 is 2.56 bits per heavy atom. The van der Waals surface area contributed by atoms with Gasteiger partial charge in [0, 0.05) is 21.9 Å². The third kappa shape index (κ3) is 3.82. The quantitative estimate of drug-likeness (QED) is 0.304. The molecule has 1 N–H and O–H groups in total. The molecule has 4 aromatic rings. The number of esters is 1. The lowest BCUT2D eigenvalue weighted by Gasteiger charge is -2.13. The predicted molar refractivity (Wildman–Crippen MR) is 135 cm³/mol. The van der Waals surface area contributed by atoms with Crippen LogP contribution in [0.4, 0.5) is 5.00 Å². The Bertz CT molecular complexity index is 1470. The van der Waals surface area contributed by atoms with Crippen LogP contribution in [0.25, 0.3) is 16.5 Å². The fraction of sp³-hybridized carbons (Fsp3) is 0.222. The van der Waals surface area contributed by atoms with E-state index in [1.807, 2.05) is 24.3 Å². The molecule has 0 saturated carbocycles. The lowest BCUT2D eigenvalue weighted by atomic mass is 9.95. The molecule has 172 valence electrons. The summed E-state index contributed by atoms with van der Waals surface area (Å²) in [5.41, 5.74) is 2.22. The summed E-state index contributed by atoms with van der Waals surface area (Å²) in [5, 5.41) is 12.9. The number of aryl methyl sites for hydroxylation is 1. The molecule has 2 aromatic carbocycles. The zero-order valence-corrected chi connectivity index (χ0v) is 19.6. The van der Waals surface area contributed by atoms with Crippen LogP contribution in [0.5, 0.6) is 5.88 Å². The van der Waals surface area contributed by atoms with Gasteiger partial charge < -0.3 is 9.84 Å². The number of carbonyl (C=O) groups excluding carboxylic acids is 1. The third-order valence-electron chi connectivity index (χ3n) is 6.06. The Balaban J connectivity index is 1.70. The van der Waals surface area contributed by atoms with Crippen molar-refractivity contribution in [3.63, 3.8) is 0 Å². The number of fused-ring (bicyclic) bond motifs is 2. The van der Waals surface area contributed by atoms with Gasteiger partial charge in [-0.15, -0.1) is 11.3 Å². The van der Waals surface area contributed by atoms with Gasteiger partial charge in [-0.05, 0) is 56.4 Å². The lowest BCUT2D eigenvalue weighted by Crippen LogP contribution is -2.20. The minimum Gasteiger partial charge on any atom is -0.494 e. The summed E-state index contributed by atoms with van der Waals surface area (Å²) in [7, 11) is 0. The molecule has 0 amide bonds. The van der Waals surface area contributed by atoms with Crippen molar-refractivity contribution in [3.05, 3.63) is 86.5 Å². The van der Waals surface area contributed by atoms with Crippen LogP contribution in [0.3, 0.4) is 0 Å². The minimum atomic E-state index is -0.364. The second-order valence-corrected chi connectivity index (χ2v) is 9.21. The number of aliphatic imine (C=N–C) groups is 1. The van der Waals surface area contributed by atoms with Gasteiger partial charge in [-0.1, -0.05) is 36.4 Å². The van der Waals surface area contributed by atoms with E-state index in [1.165, 1.54) is 20.8 Å². The smallest absolute Gasteiger partial charge is 0.341 e. The van der Waals surface area contributed by atoms with Crippen LogP contribution in [0.2, 0.25) is 0 Å². The van der Waals surface area contributed by atoms with Gasteiger partial charge in [-0.3, -0.25) is 4.79 Å². The van der Waals surface area contributed by atoms with Crippen molar-refractivity contribution >= 4 is 39.3 Å². The molecule has 1 aliphatic rings. The van der Waals surface area contributed by atoms with Gasteiger partial charge in [0.25, 0.3) is 5.56 Å². The van der Waals surface area contributed by atoms with E-state index >= 15 is 0 Å². The first-order valence-corrected chi connectivity index (χ1v) is 12.2. The van der Waals surface area contributed by atoms with Crippen molar-refractivity contribution < 1.29 is 14.6 Å². The van der Waals surface area contributed by atoms with Crippen molar-refractivity contribution in [2.75, 3.05) is 6.61 Å². The molecule has 1 aliphatic carbocycles. The first-order chi connectivity index (χ1) is 16.6. The van der Waals surface area contributed by atoms with Crippen LogP contribution in [0.1, 0.15) is 46.1 Å². The molecule has 7 heteroatoms. The van der Waals surface area contributed by atoms with Crippen LogP contribution in [0, 0.1) is 0 Å².